The Bertz CT molecular complexity index is 612. The van der Waals surface area contributed by atoms with Crippen molar-refractivity contribution >= 4 is 21.4 Å². The third-order valence-electron chi connectivity index (χ3n) is 4.46. The van der Waals surface area contributed by atoms with Crippen LogP contribution in [0, 0.1) is 6.92 Å². The Labute approximate surface area is 130 Å². The summed E-state index contributed by atoms with van der Waals surface area (Å²) in [4.78, 5) is 4.28. The number of aryl methyl sites for hydroxylation is 1. The molecule has 1 unspecified atom stereocenters. The lowest BCUT2D eigenvalue weighted by atomic mass is 10.2. The molecule has 2 aliphatic rings. The Kier molecular flexibility index (Phi) is 4.38. The van der Waals surface area contributed by atoms with Crippen LogP contribution >= 0.6 is 11.3 Å². The molecule has 118 valence electrons. The number of fused-ring (bicyclic) bond motifs is 1. The number of hydrogen-bond donors (Lipinski definition) is 1. The number of nitrogens with zero attached hydrogens (tertiary/aromatic N) is 2. The van der Waals surface area contributed by atoms with E-state index in [9.17, 15) is 13.5 Å². The smallest absolute Gasteiger partial charge is 0.244 e. The van der Waals surface area contributed by atoms with E-state index >= 15 is 0 Å². The standard InChI is InChI=1S/C14H22N2O3S2/c1-11-14(8-13(10-17)20-11)21(18,19)16-7-3-6-15-5-2-4-12(15)9-16/h8,12,17H,2-7,9-10H2,1H3. The summed E-state index contributed by atoms with van der Waals surface area (Å²) in [6.07, 6.45) is 3.16. The first-order valence-corrected chi connectivity index (χ1v) is 9.72. The van der Waals surface area contributed by atoms with E-state index in [4.69, 9.17) is 0 Å². The molecule has 1 aromatic rings. The second-order valence-electron chi connectivity index (χ2n) is 5.84. The van der Waals surface area contributed by atoms with Crippen molar-refractivity contribution in [2.45, 2.75) is 43.7 Å². The van der Waals surface area contributed by atoms with Gasteiger partial charge in [0.2, 0.25) is 10.0 Å². The molecule has 7 heteroatoms. The van der Waals surface area contributed by atoms with E-state index in [1.807, 2.05) is 6.92 Å². The predicted molar refractivity (Wildman–Crippen MR) is 82.9 cm³/mol. The number of aliphatic hydroxyl groups excluding tert-OH is 1. The molecule has 0 aliphatic carbocycles. The number of hydrogen-bond acceptors (Lipinski definition) is 5. The maximum absolute atomic E-state index is 12.9. The molecule has 5 nitrogen and oxygen atoms in total. The molecule has 0 aromatic carbocycles. The van der Waals surface area contributed by atoms with Gasteiger partial charge >= 0.3 is 0 Å². The average molecular weight is 330 g/mol. The molecular formula is C14H22N2O3S2. The third kappa shape index (κ3) is 2.90. The van der Waals surface area contributed by atoms with Crippen LogP contribution < -0.4 is 0 Å². The van der Waals surface area contributed by atoms with Crippen LogP contribution in [-0.4, -0.2) is 55.0 Å². The predicted octanol–water partition coefficient (Wildman–Crippen LogP) is 1.41. The van der Waals surface area contributed by atoms with Gasteiger partial charge in [-0.25, -0.2) is 8.42 Å². The van der Waals surface area contributed by atoms with Gasteiger partial charge in [0.15, 0.2) is 0 Å². The molecule has 0 amide bonds. The van der Waals surface area contributed by atoms with Crippen molar-refractivity contribution in [2.24, 2.45) is 0 Å². The van der Waals surface area contributed by atoms with Crippen LogP contribution in [0.4, 0.5) is 0 Å². The fraction of sp³-hybridized carbons (Fsp3) is 0.714. The SMILES string of the molecule is Cc1sc(CO)cc1S(=O)(=O)N1CCCN2CCCC2C1. The lowest BCUT2D eigenvalue weighted by Gasteiger charge is -2.25. The van der Waals surface area contributed by atoms with Gasteiger partial charge in [0, 0.05) is 28.9 Å². The van der Waals surface area contributed by atoms with E-state index < -0.39 is 10.0 Å². The summed E-state index contributed by atoms with van der Waals surface area (Å²) in [5.74, 6) is 0. The van der Waals surface area contributed by atoms with E-state index in [1.54, 1.807) is 10.4 Å². The highest BCUT2D eigenvalue weighted by molar-refractivity contribution is 7.89. The van der Waals surface area contributed by atoms with Crippen molar-refractivity contribution in [1.29, 1.82) is 0 Å². The van der Waals surface area contributed by atoms with Gasteiger partial charge in [0.1, 0.15) is 0 Å². The van der Waals surface area contributed by atoms with Crippen LogP contribution in [0.5, 0.6) is 0 Å². The van der Waals surface area contributed by atoms with E-state index in [-0.39, 0.29) is 6.61 Å². The van der Waals surface area contributed by atoms with Gasteiger partial charge < -0.3 is 5.11 Å². The maximum Gasteiger partial charge on any atom is 0.244 e. The first-order chi connectivity index (χ1) is 10.0. The largest absolute Gasteiger partial charge is 0.391 e. The van der Waals surface area contributed by atoms with Gasteiger partial charge in [-0.3, -0.25) is 4.90 Å². The minimum Gasteiger partial charge on any atom is -0.391 e. The van der Waals surface area contributed by atoms with E-state index in [0.29, 0.717) is 28.9 Å². The molecular weight excluding hydrogens is 308 g/mol. The van der Waals surface area contributed by atoms with E-state index in [0.717, 1.165) is 30.8 Å². The van der Waals surface area contributed by atoms with E-state index in [2.05, 4.69) is 4.90 Å². The summed E-state index contributed by atoms with van der Waals surface area (Å²) in [5, 5.41) is 9.21. The third-order valence-corrected chi connectivity index (χ3v) is 7.62. The highest BCUT2D eigenvalue weighted by Gasteiger charge is 2.35. The van der Waals surface area contributed by atoms with Crippen LogP contribution in [0.15, 0.2) is 11.0 Å². The molecule has 0 spiro atoms. The Hall–Kier alpha value is -0.470. The van der Waals surface area contributed by atoms with E-state index in [1.165, 1.54) is 17.8 Å². The van der Waals surface area contributed by atoms with Gasteiger partial charge in [-0.2, -0.15) is 4.31 Å². The summed E-state index contributed by atoms with van der Waals surface area (Å²) in [6.45, 7) is 5.02. The Morgan fingerprint density at radius 1 is 1.33 bits per heavy atom. The van der Waals surface area contributed by atoms with Gasteiger partial charge in [0.05, 0.1) is 11.5 Å². The molecule has 1 aromatic heterocycles. The Morgan fingerprint density at radius 3 is 2.81 bits per heavy atom. The van der Waals surface area contributed by atoms with Crippen LogP contribution in [0.1, 0.15) is 29.0 Å². The number of sulfonamides is 1. The average Bonchev–Trinajstić information content (AvgIpc) is 2.99. The lowest BCUT2D eigenvalue weighted by Crippen LogP contribution is -2.39. The number of rotatable bonds is 3. The van der Waals surface area contributed by atoms with Gasteiger partial charge in [-0.1, -0.05) is 0 Å². The fourth-order valence-corrected chi connectivity index (χ4v) is 6.37. The fourth-order valence-electron chi connectivity index (χ4n) is 3.39. The zero-order valence-electron chi connectivity index (χ0n) is 12.3. The normalized spacial score (nSPS) is 25.0. The quantitative estimate of drug-likeness (QED) is 0.910. The summed E-state index contributed by atoms with van der Waals surface area (Å²) in [7, 11) is -3.44. The lowest BCUT2D eigenvalue weighted by molar-refractivity contribution is 0.257. The molecule has 1 atom stereocenters. The zero-order chi connectivity index (χ0) is 15.0. The van der Waals surface area contributed by atoms with Crippen LogP contribution in [0.3, 0.4) is 0 Å². The van der Waals surface area contributed by atoms with Crippen LogP contribution in [0.2, 0.25) is 0 Å². The van der Waals surface area contributed by atoms with Gasteiger partial charge in [-0.15, -0.1) is 11.3 Å². The van der Waals surface area contributed by atoms with Crippen molar-refractivity contribution in [3.63, 3.8) is 0 Å². The maximum atomic E-state index is 12.9. The van der Waals surface area contributed by atoms with Crippen LogP contribution in [0.25, 0.3) is 0 Å². The number of thiophene rings is 1. The van der Waals surface area contributed by atoms with Crippen molar-refractivity contribution in [2.75, 3.05) is 26.2 Å². The molecule has 2 saturated heterocycles. The highest BCUT2D eigenvalue weighted by atomic mass is 32.2. The molecule has 0 saturated carbocycles. The molecule has 1 N–H and O–H groups in total. The first kappa shape index (κ1) is 15.4. The Morgan fingerprint density at radius 2 is 2.10 bits per heavy atom. The molecule has 21 heavy (non-hydrogen) atoms. The zero-order valence-corrected chi connectivity index (χ0v) is 13.9. The van der Waals surface area contributed by atoms with Crippen molar-refractivity contribution in [3.05, 3.63) is 15.8 Å². The monoisotopic (exact) mass is 330 g/mol. The molecule has 3 rings (SSSR count). The summed E-state index contributed by atoms with van der Waals surface area (Å²) < 4.78 is 27.5. The topological polar surface area (TPSA) is 60.9 Å². The molecule has 2 fully saturated rings. The molecule has 0 radical (unpaired) electrons. The van der Waals surface area contributed by atoms with Gasteiger partial charge in [-0.05, 0) is 45.3 Å². The Balaban J connectivity index is 1.88. The van der Waals surface area contributed by atoms with Crippen molar-refractivity contribution < 1.29 is 13.5 Å². The number of aliphatic hydroxyl groups is 1. The summed E-state index contributed by atoms with van der Waals surface area (Å²) in [6, 6.07) is 2.01. The molecule has 3 heterocycles. The minimum atomic E-state index is -3.44. The van der Waals surface area contributed by atoms with Crippen LogP contribution in [-0.2, 0) is 16.6 Å². The van der Waals surface area contributed by atoms with Gasteiger partial charge in [0.25, 0.3) is 0 Å². The molecule has 0 bridgehead atoms. The second kappa shape index (κ2) is 5.96. The summed E-state index contributed by atoms with van der Waals surface area (Å²) in [5.41, 5.74) is 0. The first-order valence-electron chi connectivity index (χ1n) is 7.47. The van der Waals surface area contributed by atoms with Crippen molar-refractivity contribution in [3.8, 4) is 0 Å². The molecule has 2 aliphatic heterocycles. The summed E-state index contributed by atoms with van der Waals surface area (Å²) >= 11 is 1.36. The highest BCUT2D eigenvalue weighted by Crippen LogP contribution is 2.30. The second-order valence-corrected chi connectivity index (χ2v) is 9.09. The minimum absolute atomic E-state index is 0.0998. The van der Waals surface area contributed by atoms with Crippen molar-refractivity contribution in [1.82, 2.24) is 9.21 Å².